The maximum atomic E-state index is 12.5. The number of aromatic nitrogens is 4. The van der Waals surface area contributed by atoms with Crippen molar-refractivity contribution in [1.82, 2.24) is 20.4 Å². The van der Waals surface area contributed by atoms with E-state index in [0.29, 0.717) is 21.7 Å². The fourth-order valence-electron chi connectivity index (χ4n) is 4.54. The molecule has 2 N–H and O–H groups in total. The predicted octanol–water partition coefficient (Wildman–Crippen LogP) is 6.16. The van der Waals surface area contributed by atoms with Crippen molar-refractivity contribution in [3.63, 3.8) is 0 Å². The molecule has 8 nitrogen and oxygen atoms in total. The number of nitrogens with zero attached hydrogens (tertiary/aromatic N) is 4. The maximum Gasteiger partial charge on any atom is 0.230 e. The fraction of sp³-hybridized carbons (Fsp3) is 0.333. The van der Waals surface area contributed by atoms with E-state index in [1.807, 2.05) is 43.3 Å². The molecule has 196 valence electrons. The summed E-state index contributed by atoms with van der Waals surface area (Å²) in [4.78, 5) is 24.9. The average molecular weight is 567 g/mol. The zero-order chi connectivity index (χ0) is 26.5. The summed E-state index contributed by atoms with van der Waals surface area (Å²) < 4.78 is 0. The predicted molar refractivity (Wildman–Crippen MR) is 151 cm³/mol. The summed E-state index contributed by atoms with van der Waals surface area (Å²) in [6.45, 7) is 2.02. The lowest BCUT2D eigenvalue weighted by Gasteiger charge is -2.25. The number of halogens is 1. The van der Waals surface area contributed by atoms with Crippen LogP contribution >= 0.6 is 34.3 Å². The Balaban J connectivity index is 1.14. The molecule has 2 atom stereocenters. The van der Waals surface area contributed by atoms with E-state index in [9.17, 15) is 9.59 Å². The number of anilines is 2. The Labute approximate surface area is 233 Å². The largest absolute Gasteiger partial charge is 0.300 e. The Kier molecular flexibility index (Phi) is 8.41. The molecule has 11 heteroatoms. The smallest absolute Gasteiger partial charge is 0.230 e. The zero-order valence-electron chi connectivity index (χ0n) is 20.8. The number of benzene rings is 2. The summed E-state index contributed by atoms with van der Waals surface area (Å²) in [6, 6.07) is 15.1. The number of hydrogen-bond donors (Lipinski definition) is 2. The standard InChI is InChI=1S/C27H27ClN6O2S2/c1-16-5-7-17(8-6-16)13-22(35)29-26-33-31-24(37-26)19-3-2-4-20(15-19)25-32-34-27(38-25)30-23(36)14-18-9-11-21(28)12-10-18/h5-12,19-20H,2-4,13-15H2,1H3,(H,29,33,35)(H,30,34,36)/t19-,20-/m1/s1. The number of hydrogen-bond acceptors (Lipinski definition) is 8. The maximum absolute atomic E-state index is 12.5. The molecule has 0 radical (unpaired) electrons. The first-order chi connectivity index (χ1) is 18.4. The minimum Gasteiger partial charge on any atom is -0.300 e. The van der Waals surface area contributed by atoms with E-state index in [1.54, 1.807) is 12.1 Å². The van der Waals surface area contributed by atoms with Crippen LogP contribution in [-0.2, 0) is 22.4 Å². The normalized spacial score (nSPS) is 17.2. The van der Waals surface area contributed by atoms with Crippen LogP contribution < -0.4 is 10.6 Å². The van der Waals surface area contributed by atoms with Crippen molar-refractivity contribution in [3.8, 4) is 0 Å². The molecule has 4 aromatic rings. The van der Waals surface area contributed by atoms with Gasteiger partial charge < -0.3 is 10.6 Å². The molecule has 2 aromatic carbocycles. The third-order valence-electron chi connectivity index (χ3n) is 6.51. The van der Waals surface area contributed by atoms with E-state index in [4.69, 9.17) is 11.6 Å². The van der Waals surface area contributed by atoms with Gasteiger partial charge in [-0.3, -0.25) is 9.59 Å². The Bertz CT molecular complexity index is 1300. The van der Waals surface area contributed by atoms with Gasteiger partial charge in [0.25, 0.3) is 0 Å². The van der Waals surface area contributed by atoms with Gasteiger partial charge in [-0.1, -0.05) is 82.7 Å². The number of rotatable bonds is 8. The molecule has 2 aromatic heterocycles. The van der Waals surface area contributed by atoms with E-state index in [1.165, 1.54) is 22.7 Å². The van der Waals surface area contributed by atoms with Gasteiger partial charge in [-0.25, -0.2) is 0 Å². The van der Waals surface area contributed by atoms with Crippen molar-refractivity contribution in [3.05, 3.63) is 80.3 Å². The first-order valence-electron chi connectivity index (χ1n) is 12.5. The van der Waals surface area contributed by atoms with Crippen molar-refractivity contribution in [1.29, 1.82) is 0 Å². The van der Waals surface area contributed by atoms with Gasteiger partial charge in [0.15, 0.2) is 0 Å². The van der Waals surface area contributed by atoms with Crippen LogP contribution in [0, 0.1) is 6.92 Å². The Morgan fingerprint density at radius 1 is 0.789 bits per heavy atom. The first kappa shape index (κ1) is 26.4. The van der Waals surface area contributed by atoms with Gasteiger partial charge in [0.2, 0.25) is 22.1 Å². The van der Waals surface area contributed by atoms with Crippen molar-refractivity contribution < 1.29 is 9.59 Å². The van der Waals surface area contributed by atoms with Gasteiger partial charge in [0, 0.05) is 16.9 Å². The summed E-state index contributed by atoms with van der Waals surface area (Å²) >= 11 is 8.79. The molecule has 5 rings (SSSR count). The summed E-state index contributed by atoms with van der Waals surface area (Å²) in [5.41, 5.74) is 3.01. The van der Waals surface area contributed by atoms with Gasteiger partial charge in [0.05, 0.1) is 12.8 Å². The van der Waals surface area contributed by atoms with Crippen LogP contribution in [0.2, 0.25) is 5.02 Å². The van der Waals surface area contributed by atoms with Crippen molar-refractivity contribution in [2.75, 3.05) is 10.6 Å². The highest BCUT2D eigenvalue weighted by molar-refractivity contribution is 7.15. The molecule has 0 aliphatic heterocycles. The van der Waals surface area contributed by atoms with Crippen LogP contribution in [0.3, 0.4) is 0 Å². The molecule has 2 amide bonds. The second kappa shape index (κ2) is 12.1. The Morgan fingerprint density at radius 3 is 1.76 bits per heavy atom. The summed E-state index contributed by atoms with van der Waals surface area (Å²) in [5, 5.41) is 26.5. The number of aryl methyl sites for hydroxylation is 1. The Hall–Kier alpha value is -3.21. The average Bonchev–Trinajstić information content (AvgIpc) is 3.57. The van der Waals surface area contributed by atoms with Crippen molar-refractivity contribution in [2.24, 2.45) is 0 Å². The van der Waals surface area contributed by atoms with Gasteiger partial charge in [-0.2, -0.15) is 0 Å². The van der Waals surface area contributed by atoms with Gasteiger partial charge in [0.1, 0.15) is 10.0 Å². The second-order valence-corrected chi connectivity index (χ2v) is 12.0. The van der Waals surface area contributed by atoms with Crippen molar-refractivity contribution >= 4 is 56.4 Å². The quantitative estimate of drug-likeness (QED) is 0.264. The second-order valence-electron chi connectivity index (χ2n) is 9.51. The SMILES string of the molecule is Cc1ccc(CC(=O)Nc2nnc([C@@H]3CCC[C@@H](c4nnc(NC(=O)Cc5ccc(Cl)cc5)s4)C3)s2)cc1. The van der Waals surface area contributed by atoms with Crippen molar-refractivity contribution in [2.45, 2.75) is 57.3 Å². The molecule has 0 bridgehead atoms. The molecule has 1 aliphatic carbocycles. The van der Waals surface area contributed by atoms with E-state index in [-0.39, 0.29) is 30.1 Å². The van der Waals surface area contributed by atoms with E-state index in [2.05, 4.69) is 31.0 Å². The number of amides is 2. The molecule has 0 unspecified atom stereocenters. The summed E-state index contributed by atoms with van der Waals surface area (Å²) in [7, 11) is 0. The van der Waals surface area contributed by atoms with Crippen LogP contribution in [0.15, 0.2) is 48.5 Å². The number of nitrogens with one attached hydrogen (secondary N) is 2. The number of carbonyl (C=O) groups is 2. The third kappa shape index (κ3) is 7.00. The van der Waals surface area contributed by atoms with Crippen LogP contribution in [0.25, 0.3) is 0 Å². The molecular weight excluding hydrogens is 540 g/mol. The van der Waals surface area contributed by atoms with Crippen LogP contribution in [0.4, 0.5) is 10.3 Å². The van der Waals surface area contributed by atoms with Gasteiger partial charge >= 0.3 is 0 Å². The molecule has 1 saturated carbocycles. The summed E-state index contributed by atoms with van der Waals surface area (Å²) in [6.07, 6.45) is 4.52. The lowest BCUT2D eigenvalue weighted by atomic mass is 9.82. The van der Waals surface area contributed by atoms with Gasteiger partial charge in [-0.05, 0) is 49.4 Å². The lowest BCUT2D eigenvalue weighted by molar-refractivity contribution is -0.116. The molecular formula is C27H27ClN6O2S2. The minimum atomic E-state index is -0.137. The topological polar surface area (TPSA) is 110 Å². The highest BCUT2D eigenvalue weighted by Gasteiger charge is 2.29. The third-order valence-corrected chi connectivity index (χ3v) is 8.76. The highest BCUT2D eigenvalue weighted by atomic mass is 35.5. The van der Waals surface area contributed by atoms with E-state index >= 15 is 0 Å². The Morgan fingerprint density at radius 2 is 1.26 bits per heavy atom. The molecule has 0 saturated heterocycles. The van der Waals surface area contributed by atoms with Crippen LogP contribution in [0.1, 0.15) is 64.2 Å². The molecule has 1 aliphatic rings. The van der Waals surface area contributed by atoms with E-state index < -0.39 is 0 Å². The molecule has 38 heavy (non-hydrogen) atoms. The number of carbonyl (C=O) groups excluding carboxylic acids is 2. The van der Waals surface area contributed by atoms with E-state index in [0.717, 1.165) is 52.4 Å². The summed E-state index contributed by atoms with van der Waals surface area (Å²) in [5.74, 6) is 0.262. The lowest BCUT2D eigenvalue weighted by Crippen LogP contribution is -2.14. The van der Waals surface area contributed by atoms with Crippen LogP contribution in [-0.4, -0.2) is 32.2 Å². The van der Waals surface area contributed by atoms with Crippen LogP contribution in [0.5, 0.6) is 0 Å². The fourth-order valence-corrected chi connectivity index (χ4v) is 6.48. The zero-order valence-corrected chi connectivity index (χ0v) is 23.2. The first-order valence-corrected chi connectivity index (χ1v) is 14.5. The molecule has 1 fully saturated rings. The van der Waals surface area contributed by atoms with Gasteiger partial charge in [-0.15, -0.1) is 20.4 Å². The monoisotopic (exact) mass is 566 g/mol. The molecule has 2 heterocycles. The minimum absolute atomic E-state index is 0.0995. The highest BCUT2D eigenvalue weighted by Crippen LogP contribution is 2.43. The molecule has 0 spiro atoms.